The van der Waals surface area contributed by atoms with Crippen LogP contribution in [-0.2, 0) is 0 Å². The molecule has 0 spiro atoms. The summed E-state index contributed by atoms with van der Waals surface area (Å²) in [5, 5.41) is 3.58. The first-order chi connectivity index (χ1) is 6.96. The average Bonchev–Trinajstić information content (AvgIpc) is 2.17. The van der Waals surface area contributed by atoms with Crippen molar-refractivity contribution in [2.24, 2.45) is 0 Å². The predicted molar refractivity (Wildman–Crippen MR) is 67.3 cm³/mol. The maximum atomic E-state index is 11.8. The van der Waals surface area contributed by atoms with Crippen LogP contribution in [0, 0.1) is 0 Å². The van der Waals surface area contributed by atoms with Gasteiger partial charge < -0.3 is 5.32 Å². The second-order valence-corrected chi connectivity index (χ2v) is 5.22. The number of carbonyl (C=O) groups is 1. The second-order valence-electron chi connectivity index (χ2n) is 3.81. The molecule has 0 saturated carbocycles. The molecule has 1 N–H and O–H groups in total. The van der Waals surface area contributed by atoms with Gasteiger partial charge in [0, 0.05) is 21.5 Å². The third-order valence-corrected chi connectivity index (χ3v) is 3.80. The smallest absolute Gasteiger partial charge is 0.271 e. The molecule has 1 rings (SSSR count). The van der Waals surface area contributed by atoms with Gasteiger partial charge in [-0.3, -0.25) is 4.79 Å². The van der Waals surface area contributed by atoms with Gasteiger partial charge in [-0.15, -0.1) is 0 Å². The zero-order valence-corrected chi connectivity index (χ0v) is 11.7. The quantitative estimate of drug-likeness (QED) is 0.863. The van der Waals surface area contributed by atoms with Crippen molar-refractivity contribution >= 4 is 37.8 Å². The number of nitrogens with one attached hydrogen (secondary N) is 1. The summed E-state index contributed by atoms with van der Waals surface area (Å²) in [5.41, 5.74) is 0.125. The largest absolute Gasteiger partial charge is 0.345 e. The maximum absolute atomic E-state index is 11.8. The number of hydrogen-bond acceptors (Lipinski definition) is 2. The predicted octanol–water partition coefficient (Wildman–Crippen LogP) is 2.75. The van der Waals surface area contributed by atoms with E-state index >= 15 is 0 Å². The lowest BCUT2D eigenvalue weighted by Gasteiger charge is -2.23. The number of alkyl halides is 1. The summed E-state index contributed by atoms with van der Waals surface area (Å²) in [5.74, 6) is -0.174. The fraction of sp³-hybridized carbons (Fsp3) is 0.400. The fourth-order valence-electron chi connectivity index (χ4n) is 0.953. The molecule has 0 atom stereocenters. The molecule has 0 bridgehead atoms. The van der Waals surface area contributed by atoms with E-state index in [0.29, 0.717) is 15.5 Å². The van der Waals surface area contributed by atoms with E-state index in [4.69, 9.17) is 0 Å². The highest BCUT2D eigenvalue weighted by atomic mass is 79.9. The summed E-state index contributed by atoms with van der Waals surface area (Å²) in [6.07, 6.45) is 1.60. The molecule has 5 heteroatoms. The second kappa shape index (κ2) is 5.07. The Balaban J connectivity index is 2.83. The summed E-state index contributed by atoms with van der Waals surface area (Å²) in [7, 11) is 0. The highest BCUT2D eigenvalue weighted by molar-refractivity contribution is 9.10. The van der Waals surface area contributed by atoms with Crippen molar-refractivity contribution < 1.29 is 4.79 Å². The van der Waals surface area contributed by atoms with Gasteiger partial charge in [0.05, 0.1) is 0 Å². The van der Waals surface area contributed by atoms with E-state index in [0.717, 1.165) is 0 Å². The van der Waals surface area contributed by atoms with Gasteiger partial charge in [0.1, 0.15) is 5.69 Å². The molecule has 1 aromatic heterocycles. The number of amides is 1. The van der Waals surface area contributed by atoms with Gasteiger partial charge >= 0.3 is 0 Å². The first-order valence-corrected chi connectivity index (χ1v) is 6.37. The molecule has 3 nitrogen and oxygen atoms in total. The van der Waals surface area contributed by atoms with Crippen LogP contribution < -0.4 is 5.32 Å². The van der Waals surface area contributed by atoms with E-state index in [1.807, 2.05) is 13.8 Å². The van der Waals surface area contributed by atoms with Crippen molar-refractivity contribution in [1.29, 1.82) is 0 Å². The summed E-state index contributed by atoms with van der Waals surface area (Å²) in [6.45, 7) is 3.88. The van der Waals surface area contributed by atoms with Crippen LogP contribution in [-0.4, -0.2) is 21.8 Å². The van der Waals surface area contributed by atoms with Crippen molar-refractivity contribution in [2.75, 3.05) is 5.33 Å². The minimum atomic E-state index is -0.284. The topological polar surface area (TPSA) is 42.0 Å². The van der Waals surface area contributed by atoms with E-state index in [1.165, 1.54) is 0 Å². The van der Waals surface area contributed by atoms with Gasteiger partial charge in [0.15, 0.2) is 0 Å². The molecule has 0 aliphatic carbocycles. The lowest BCUT2D eigenvalue weighted by Crippen LogP contribution is -2.45. The number of pyridine rings is 1. The Morgan fingerprint density at radius 1 is 1.60 bits per heavy atom. The Bertz CT molecular complexity index is 366. The minimum Gasteiger partial charge on any atom is -0.345 e. The molecule has 1 aromatic rings. The summed E-state index contributed by atoms with van der Waals surface area (Å²) in [6, 6.07) is 3.57. The Morgan fingerprint density at radius 3 is 2.80 bits per heavy atom. The SMILES string of the molecule is CC(C)(CBr)NC(=O)c1ncccc1Br. The molecule has 82 valence electrons. The van der Waals surface area contributed by atoms with Crippen molar-refractivity contribution in [3.05, 3.63) is 28.5 Å². The van der Waals surface area contributed by atoms with Crippen LogP contribution in [0.4, 0.5) is 0 Å². The van der Waals surface area contributed by atoms with Crippen LogP contribution in [0.5, 0.6) is 0 Å². The lowest BCUT2D eigenvalue weighted by atomic mass is 10.1. The first-order valence-electron chi connectivity index (χ1n) is 4.45. The molecule has 0 radical (unpaired) electrons. The Labute approximate surface area is 106 Å². The van der Waals surface area contributed by atoms with E-state index in [-0.39, 0.29) is 11.4 Å². The Kier molecular flexibility index (Phi) is 4.28. The molecule has 0 aliphatic rings. The third kappa shape index (κ3) is 3.57. The van der Waals surface area contributed by atoms with E-state index in [9.17, 15) is 4.79 Å². The molecule has 1 amide bonds. The van der Waals surface area contributed by atoms with Crippen molar-refractivity contribution in [2.45, 2.75) is 19.4 Å². The van der Waals surface area contributed by atoms with Crippen LogP contribution in [0.1, 0.15) is 24.3 Å². The number of rotatable bonds is 3. The van der Waals surface area contributed by atoms with Crippen LogP contribution in [0.15, 0.2) is 22.8 Å². The zero-order chi connectivity index (χ0) is 11.5. The molecule has 0 fully saturated rings. The zero-order valence-electron chi connectivity index (χ0n) is 8.55. The van der Waals surface area contributed by atoms with Gasteiger partial charge in [-0.2, -0.15) is 0 Å². The summed E-state index contributed by atoms with van der Waals surface area (Å²) in [4.78, 5) is 15.8. The van der Waals surface area contributed by atoms with Gasteiger partial charge in [-0.25, -0.2) is 4.98 Å². The molecule has 0 aliphatic heterocycles. The minimum absolute atomic E-state index is 0.174. The number of aromatic nitrogens is 1. The van der Waals surface area contributed by atoms with Gasteiger partial charge in [-0.1, -0.05) is 15.9 Å². The Morgan fingerprint density at radius 2 is 2.27 bits per heavy atom. The molecule has 15 heavy (non-hydrogen) atoms. The number of nitrogens with zero attached hydrogens (tertiary/aromatic N) is 1. The van der Waals surface area contributed by atoms with E-state index < -0.39 is 0 Å². The lowest BCUT2D eigenvalue weighted by molar-refractivity contribution is 0.0915. The molecular weight excluding hydrogens is 324 g/mol. The molecule has 1 heterocycles. The van der Waals surface area contributed by atoms with Crippen LogP contribution >= 0.6 is 31.9 Å². The number of carbonyl (C=O) groups excluding carboxylic acids is 1. The normalized spacial score (nSPS) is 11.2. The first kappa shape index (κ1) is 12.6. The van der Waals surface area contributed by atoms with Crippen molar-refractivity contribution in [3.8, 4) is 0 Å². The van der Waals surface area contributed by atoms with E-state index in [2.05, 4.69) is 42.2 Å². The molecule has 0 saturated heterocycles. The highest BCUT2D eigenvalue weighted by Crippen LogP contribution is 2.15. The molecule has 0 aromatic carbocycles. The standard InChI is InChI=1S/C10H12Br2N2O/c1-10(2,6-11)14-9(15)8-7(12)4-3-5-13-8/h3-5H,6H2,1-2H3,(H,14,15). The van der Waals surface area contributed by atoms with Crippen molar-refractivity contribution in [3.63, 3.8) is 0 Å². The molecule has 0 unspecified atom stereocenters. The number of hydrogen-bond donors (Lipinski definition) is 1. The van der Waals surface area contributed by atoms with E-state index in [1.54, 1.807) is 18.3 Å². The summed E-state index contributed by atoms with van der Waals surface area (Å²) >= 11 is 6.63. The maximum Gasteiger partial charge on any atom is 0.271 e. The van der Waals surface area contributed by atoms with Crippen LogP contribution in [0.2, 0.25) is 0 Å². The van der Waals surface area contributed by atoms with Gasteiger partial charge in [-0.05, 0) is 41.9 Å². The molecular formula is C10H12Br2N2O. The average molecular weight is 336 g/mol. The fourth-order valence-corrected chi connectivity index (χ4v) is 1.53. The monoisotopic (exact) mass is 334 g/mol. The van der Waals surface area contributed by atoms with Crippen LogP contribution in [0.25, 0.3) is 0 Å². The Hall–Kier alpha value is -0.420. The number of halogens is 2. The van der Waals surface area contributed by atoms with Crippen molar-refractivity contribution in [1.82, 2.24) is 10.3 Å². The third-order valence-electron chi connectivity index (χ3n) is 1.76. The summed E-state index contributed by atoms with van der Waals surface area (Å²) < 4.78 is 0.702. The highest BCUT2D eigenvalue weighted by Gasteiger charge is 2.21. The van der Waals surface area contributed by atoms with Crippen LogP contribution in [0.3, 0.4) is 0 Å². The van der Waals surface area contributed by atoms with Gasteiger partial charge in [0.2, 0.25) is 0 Å². The van der Waals surface area contributed by atoms with Gasteiger partial charge in [0.25, 0.3) is 5.91 Å².